The Morgan fingerprint density at radius 1 is 0.897 bits per heavy atom. The van der Waals surface area contributed by atoms with Gasteiger partial charge in [0, 0.05) is 22.2 Å². The predicted octanol–water partition coefficient (Wildman–Crippen LogP) is 6.04. The maximum Gasteiger partial charge on any atom is 0.255 e. The summed E-state index contributed by atoms with van der Waals surface area (Å²) in [4.78, 5) is 17.1. The van der Waals surface area contributed by atoms with Crippen LogP contribution in [0.5, 0.6) is 0 Å². The predicted molar refractivity (Wildman–Crippen MR) is 111 cm³/mol. The van der Waals surface area contributed by atoms with Gasteiger partial charge in [-0.15, -0.1) is 0 Å². The van der Waals surface area contributed by atoms with Gasteiger partial charge < -0.3 is 9.73 Å². The average molecular weight is 382 g/mol. The van der Waals surface area contributed by atoms with Crippen LogP contribution in [0.15, 0.2) is 89.3 Å². The largest absolute Gasteiger partial charge is 0.436 e. The lowest BCUT2D eigenvalue weighted by atomic mass is 10.1. The fraction of sp³-hybridized carbons (Fsp3) is 0. The molecule has 0 atom stereocenters. The van der Waals surface area contributed by atoms with Gasteiger partial charge in [-0.3, -0.25) is 4.79 Å². The number of rotatable bonds is 3. The second kappa shape index (κ2) is 6.87. The molecule has 0 aliphatic heterocycles. The molecule has 0 bridgehead atoms. The van der Waals surface area contributed by atoms with Crippen LogP contribution in [0.25, 0.3) is 33.3 Å². The molecule has 140 valence electrons. The summed E-state index contributed by atoms with van der Waals surface area (Å²) in [6.45, 7) is 0. The lowest BCUT2D eigenvalue weighted by molar-refractivity contribution is 0.102. The molecule has 0 unspecified atom stereocenters. The van der Waals surface area contributed by atoms with E-state index in [9.17, 15) is 9.18 Å². The Morgan fingerprint density at radius 3 is 2.66 bits per heavy atom. The average Bonchev–Trinajstić information content (AvgIpc) is 3.19. The van der Waals surface area contributed by atoms with E-state index < -0.39 is 5.82 Å². The summed E-state index contributed by atoms with van der Waals surface area (Å²) < 4.78 is 19.3. The molecule has 4 aromatic carbocycles. The lowest BCUT2D eigenvalue weighted by Crippen LogP contribution is -2.12. The molecule has 0 fully saturated rings. The Kier molecular flexibility index (Phi) is 4.06. The van der Waals surface area contributed by atoms with E-state index in [4.69, 9.17) is 4.42 Å². The van der Waals surface area contributed by atoms with Crippen molar-refractivity contribution >= 4 is 33.5 Å². The Bertz CT molecular complexity index is 1370. The summed E-state index contributed by atoms with van der Waals surface area (Å²) in [6, 6.07) is 24.7. The van der Waals surface area contributed by atoms with Crippen LogP contribution in [0, 0.1) is 5.82 Å². The lowest BCUT2D eigenvalue weighted by Gasteiger charge is -2.06. The summed E-state index contributed by atoms with van der Waals surface area (Å²) in [5.74, 6) is -0.367. The minimum absolute atomic E-state index is 0.253. The van der Waals surface area contributed by atoms with E-state index in [0.717, 1.165) is 21.9 Å². The molecule has 1 heterocycles. The molecule has 0 aliphatic rings. The molecular formula is C24H15FN2O2. The van der Waals surface area contributed by atoms with E-state index in [-0.39, 0.29) is 11.5 Å². The van der Waals surface area contributed by atoms with Crippen molar-refractivity contribution in [3.63, 3.8) is 0 Å². The molecule has 5 rings (SSSR count). The van der Waals surface area contributed by atoms with Gasteiger partial charge >= 0.3 is 0 Å². The van der Waals surface area contributed by atoms with Gasteiger partial charge in [0.25, 0.3) is 5.91 Å². The Balaban J connectivity index is 1.49. The maximum atomic E-state index is 13.4. The van der Waals surface area contributed by atoms with E-state index >= 15 is 0 Å². The van der Waals surface area contributed by atoms with Gasteiger partial charge in [-0.05, 0) is 47.9 Å². The molecule has 0 saturated heterocycles. The van der Waals surface area contributed by atoms with Crippen molar-refractivity contribution in [1.29, 1.82) is 0 Å². The van der Waals surface area contributed by atoms with Crippen molar-refractivity contribution < 1.29 is 13.6 Å². The Hall–Kier alpha value is -3.99. The van der Waals surface area contributed by atoms with Crippen LogP contribution in [0.4, 0.5) is 10.1 Å². The Morgan fingerprint density at radius 2 is 1.76 bits per heavy atom. The summed E-state index contributed by atoms with van der Waals surface area (Å²) in [7, 11) is 0. The first-order chi connectivity index (χ1) is 14.2. The Labute approximate surface area is 165 Å². The number of hydrogen-bond acceptors (Lipinski definition) is 3. The van der Waals surface area contributed by atoms with Crippen molar-refractivity contribution in [3.8, 4) is 11.5 Å². The highest BCUT2D eigenvalue weighted by atomic mass is 19.1. The van der Waals surface area contributed by atoms with Gasteiger partial charge in [-0.1, -0.05) is 42.5 Å². The third-order valence-electron chi connectivity index (χ3n) is 4.74. The molecule has 0 saturated carbocycles. The number of amides is 1. The van der Waals surface area contributed by atoms with Crippen molar-refractivity contribution in [2.45, 2.75) is 0 Å². The fourth-order valence-corrected chi connectivity index (χ4v) is 3.35. The minimum Gasteiger partial charge on any atom is -0.436 e. The highest BCUT2D eigenvalue weighted by Gasteiger charge is 2.12. The highest BCUT2D eigenvalue weighted by molar-refractivity contribution is 6.05. The molecule has 1 amide bonds. The van der Waals surface area contributed by atoms with E-state index in [1.165, 1.54) is 18.2 Å². The van der Waals surface area contributed by atoms with Crippen molar-refractivity contribution in [2.75, 3.05) is 5.32 Å². The highest BCUT2D eigenvalue weighted by Crippen LogP contribution is 2.30. The summed E-state index contributed by atoms with van der Waals surface area (Å²) in [5.41, 5.74) is 3.06. The zero-order valence-electron chi connectivity index (χ0n) is 15.2. The number of halogens is 1. The molecule has 4 nitrogen and oxygen atoms in total. The van der Waals surface area contributed by atoms with E-state index in [1.807, 2.05) is 48.5 Å². The number of carbonyl (C=O) groups is 1. The number of hydrogen-bond donors (Lipinski definition) is 1. The number of aromatic nitrogens is 1. The summed E-state index contributed by atoms with van der Waals surface area (Å²) in [6.07, 6.45) is 0. The normalized spacial score (nSPS) is 11.1. The number of oxazole rings is 1. The maximum absolute atomic E-state index is 13.4. The number of benzene rings is 4. The molecular weight excluding hydrogens is 367 g/mol. The smallest absolute Gasteiger partial charge is 0.255 e. The quantitative estimate of drug-likeness (QED) is 0.414. The second-order valence-electron chi connectivity index (χ2n) is 6.70. The van der Waals surface area contributed by atoms with E-state index in [2.05, 4.69) is 10.3 Å². The van der Waals surface area contributed by atoms with Crippen molar-refractivity contribution in [2.24, 2.45) is 0 Å². The van der Waals surface area contributed by atoms with Gasteiger partial charge in [0.05, 0.1) is 0 Å². The van der Waals surface area contributed by atoms with Crippen molar-refractivity contribution in [1.82, 2.24) is 4.98 Å². The van der Waals surface area contributed by atoms with Crippen LogP contribution < -0.4 is 5.32 Å². The second-order valence-corrected chi connectivity index (χ2v) is 6.70. The summed E-state index contributed by atoms with van der Waals surface area (Å²) in [5, 5.41) is 4.90. The standard InChI is InChI=1S/C24H15FN2O2/c25-18-8-3-6-16(13-18)23(28)26-19-9-4-7-17(14-19)24-27-22-20-10-2-1-5-15(20)11-12-21(22)29-24/h1-14H,(H,26,28). The minimum atomic E-state index is -0.454. The van der Waals surface area contributed by atoms with E-state index in [0.29, 0.717) is 17.2 Å². The molecule has 1 aromatic heterocycles. The van der Waals surface area contributed by atoms with Gasteiger partial charge in [-0.2, -0.15) is 0 Å². The summed E-state index contributed by atoms with van der Waals surface area (Å²) >= 11 is 0. The van der Waals surface area contributed by atoms with Crippen LogP contribution in [-0.4, -0.2) is 10.9 Å². The number of carbonyl (C=O) groups excluding carboxylic acids is 1. The first-order valence-electron chi connectivity index (χ1n) is 9.13. The molecule has 29 heavy (non-hydrogen) atoms. The van der Waals surface area contributed by atoms with Crippen molar-refractivity contribution in [3.05, 3.63) is 96.3 Å². The molecule has 0 aliphatic carbocycles. The molecule has 5 heteroatoms. The first kappa shape index (κ1) is 17.1. The molecule has 5 aromatic rings. The molecule has 1 N–H and O–H groups in total. The topological polar surface area (TPSA) is 55.1 Å². The first-order valence-corrected chi connectivity index (χ1v) is 9.13. The van der Waals surface area contributed by atoms with E-state index in [1.54, 1.807) is 18.2 Å². The SMILES string of the molecule is O=C(Nc1cccc(-c2nc3c(ccc4ccccc43)o2)c1)c1cccc(F)c1. The van der Waals surface area contributed by atoms with Crippen LogP contribution in [0.2, 0.25) is 0 Å². The van der Waals surface area contributed by atoms with Gasteiger partial charge in [0.1, 0.15) is 11.3 Å². The van der Waals surface area contributed by atoms with Gasteiger partial charge in [-0.25, -0.2) is 9.37 Å². The van der Waals surface area contributed by atoms with Gasteiger partial charge in [0.2, 0.25) is 5.89 Å². The third-order valence-corrected chi connectivity index (χ3v) is 4.74. The molecule has 0 radical (unpaired) electrons. The zero-order valence-corrected chi connectivity index (χ0v) is 15.2. The van der Waals surface area contributed by atoms with Crippen LogP contribution >= 0.6 is 0 Å². The number of nitrogens with zero attached hydrogens (tertiary/aromatic N) is 1. The number of nitrogens with one attached hydrogen (secondary N) is 1. The fourth-order valence-electron chi connectivity index (χ4n) is 3.35. The number of fused-ring (bicyclic) bond motifs is 3. The molecule has 0 spiro atoms. The van der Waals surface area contributed by atoms with Crippen LogP contribution in [-0.2, 0) is 0 Å². The monoisotopic (exact) mass is 382 g/mol. The third kappa shape index (κ3) is 3.23. The van der Waals surface area contributed by atoms with Crippen LogP contribution in [0.1, 0.15) is 10.4 Å². The van der Waals surface area contributed by atoms with Crippen LogP contribution in [0.3, 0.4) is 0 Å². The zero-order chi connectivity index (χ0) is 19.8. The number of anilines is 1. The van der Waals surface area contributed by atoms with Gasteiger partial charge in [0.15, 0.2) is 5.58 Å².